The average Bonchev–Trinajstić information content (AvgIpc) is 3.20. The van der Waals surface area contributed by atoms with Gasteiger partial charge in [0.15, 0.2) is 16.4 Å². The van der Waals surface area contributed by atoms with Crippen molar-refractivity contribution in [2.75, 3.05) is 18.9 Å². The number of amidine groups is 1. The zero-order valence-electron chi connectivity index (χ0n) is 18.6. The summed E-state index contributed by atoms with van der Waals surface area (Å²) in [5, 5.41) is 15.3. The van der Waals surface area contributed by atoms with Crippen LogP contribution in [0.3, 0.4) is 0 Å². The highest BCUT2D eigenvalue weighted by atomic mass is 32.2. The fourth-order valence-electron chi connectivity index (χ4n) is 2.72. The summed E-state index contributed by atoms with van der Waals surface area (Å²) in [6.07, 6.45) is 0. The minimum atomic E-state index is -4.70. The molecule has 14 nitrogen and oxygen atoms in total. The van der Waals surface area contributed by atoms with Gasteiger partial charge in [0.25, 0.3) is 11.8 Å². The monoisotopic (exact) mass is 525 g/mol. The number of nitrogens with two attached hydrogens (primary N) is 2. The third-order valence-corrected chi connectivity index (χ3v) is 6.15. The molecule has 0 radical (unpaired) electrons. The summed E-state index contributed by atoms with van der Waals surface area (Å²) in [4.78, 5) is 34.3. The Kier molecular flexibility index (Phi) is 7.27. The average molecular weight is 526 g/mol. The Bertz CT molecular complexity index is 1270. The van der Waals surface area contributed by atoms with Crippen LogP contribution in [0.15, 0.2) is 34.8 Å². The molecule has 3 rings (SSSR count). The van der Waals surface area contributed by atoms with Crippen LogP contribution in [-0.4, -0.2) is 70.4 Å². The Morgan fingerprint density at radius 1 is 1.40 bits per heavy atom. The molecule has 1 aliphatic rings. The first-order valence-corrected chi connectivity index (χ1v) is 12.2. The van der Waals surface area contributed by atoms with Gasteiger partial charge in [0.05, 0.1) is 6.54 Å². The molecule has 35 heavy (non-hydrogen) atoms. The van der Waals surface area contributed by atoms with E-state index in [2.05, 4.69) is 15.5 Å². The summed E-state index contributed by atoms with van der Waals surface area (Å²) in [5.41, 5.74) is 10.4. The minimum absolute atomic E-state index is 0.0223. The van der Waals surface area contributed by atoms with Crippen LogP contribution in [0.5, 0.6) is 5.75 Å². The SMILES string of the molecule is CC(C)(COc1ccc(C(=N)N)cc1)O/N=C(\C(=O)N[C@H]1CN(S(=O)(=O)O)C1=O)c1csc(N)n1. The third-order valence-electron chi connectivity index (χ3n) is 4.59. The van der Waals surface area contributed by atoms with Crippen molar-refractivity contribution in [3.05, 3.63) is 40.9 Å². The third kappa shape index (κ3) is 6.43. The normalized spacial score (nSPS) is 16.4. The number of hydrogen-bond acceptors (Lipinski definition) is 11. The van der Waals surface area contributed by atoms with Crippen LogP contribution >= 0.6 is 11.3 Å². The van der Waals surface area contributed by atoms with E-state index in [0.717, 1.165) is 11.3 Å². The van der Waals surface area contributed by atoms with Crippen molar-refractivity contribution in [1.29, 1.82) is 5.41 Å². The number of rotatable bonds is 10. The zero-order chi connectivity index (χ0) is 26.0. The summed E-state index contributed by atoms with van der Waals surface area (Å²) < 4.78 is 37.1. The maximum absolute atomic E-state index is 12.8. The fraction of sp³-hybridized carbons (Fsp3) is 0.316. The van der Waals surface area contributed by atoms with E-state index in [1.54, 1.807) is 38.1 Å². The molecule has 7 N–H and O–H groups in total. The largest absolute Gasteiger partial charge is 0.489 e. The van der Waals surface area contributed by atoms with Gasteiger partial charge in [-0.1, -0.05) is 5.16 Å². The van der Waals surface area contributed by atoms with E-state index in [0.29, 0.717) is 11.3 Å². The van der Waals surface area contributed by atoms with E-state index in [1.165, 1.54) is 5.38 Å². The molecule has 0 unspecified atom stereocenters. The number of amides is 2. The minimum Gasteiger partial charge on any atom is -0.489 e. The molecule has 2 aromatic rings. The van der Waals surface area contributed by atoms with Crippen LogP contribution in [0.25, 0.3) is 0 Å². The Morgan fingerprint density at radius 2 is 2.06 bits per heavy atom. The van der Waals surface area contributed by atoms with E-state index in [-0.39, 0.29) is 33.3 Å². The van der Waals surface area contributed by atoms with Gasteiger partial charge in [0.1, 0.15) is 29.9 Å². The van der Waals surface area contributed by atoms with Gasteiger partial charge in [-0.05, 0) is 38.1 Å². The number of aromatic nitrogens is 1. The number of thiazole rings is 1. The van der Waals surface area contributed by atoms with E-state index >= 15 is 0 Å². The summed E-state index contributed by atoms with van der Waals surface area (Å²) in [6, 6.07) is 5.35. The molecule has 1 atom stereocenters. The summed E-state index contributed by atoms with van der Waals surface area (Å²) in [7, 11) is -4.70. The molecule has 0 saturated carbocycles. The van der Waals surface area contributed by atoms with Crippen molar-refractivity contribution < 1.29 is 32.1 Å². The van der Waals surface area contributed by atoms with E-state index < -0.39 is 40.3 Å². The van der Waals surface area contributed by atoms with Crippen LogP contribution in [0, 0.1) is 5.41 Å². The topological polar surface area (TPSA) is 223 Å². The molecule has 2 heterocycles. The van der Waals surface area contributed by atoms with Gasteiger partial charge in [-0.2, -0.15) is 8.42 Å². The van der Waals surface area contributed by atoms with Crippen molar-refractivity contribution in [2.45, 2.75) is 25.5 Å². The molecule has 1 aromatic carbocycles. The lowest BCUT2D eigenvalue weighted by Gasteiger charge is -2.35. The Labute approximate surface area is 204 Å². The molecule has 0 bridgehead atoms. The number of ether oxygens (including phenoxy) is 1. The highest BCUT2D eigenvalue weighted by Crippen LogP contribution is 2.19. The van der Waals surface area contributed by atoms with Crippen molar-refractivity contribution in [3.8, 4) is 5.75 Å². The van der Waals surface area contributed by atoms with Gasteiger partial charge in [0.2, 0.25) is 0 Å². The zero-order valence-corrected chi connectivity index (χ0v) is 20.2. The molecule has 2 amide bonds. The lowest BCUT2D eigenvalue weighted by molar-refractivity contribution is -0.139. The lowest BCUT2D eigenvalue weighted by Crippen LogP contribution is -2.65. The number of anilines is 1. The molecule has 0 aliphatic carbocycles. The predicted molar refractivity (Wildman–Crippen MR) is 126 cm³/mol. The predicted octanol–water partition coefficient (Wildman–Crippen LogP) is -0.283. The van der Waals surface area contributed by atoms with Gasteiger partial charge in [-0.3, -0.25) is 19.6 Å². The fourth-order valence-corrected chi connectivity index (χ4v) is 3.96. The Morgan fingerprint density at radius 3 is 2.57 bits per heavy atom. The molecule has 188 valence electrons. The van der Waals surface area contributed by atoms with Crippen molar-refractivity contribution in [3.63, 3.8) is 0 Å². The first-order chi connectivity index (χ1) is 16.3. The summed E-state index contributed by atoms with van der Waals surface area (Å²) in [6.45, 7) is 2.91. The number of hydrogen-bond donors (Lipinski definition) is 5. The number of nitrogens with zero attached hydrogens (tertiary/aromatic N) is 3. The quantitative estimate of drug-likeness (QED) is 0.0896. The van der Waals surface area contributed by atoms with Gasteiger partial charge < -0.3 is 26.4 Å². The van der Waals surface area contributed by atoms with Crippen LogP contribution in [0.4, 0.5) is 5.13 Å². The maximum atomic E-state index is 12.8. The number of benzene rings is 1. The van der Waals surface area contributed by atoms with Gasteiger partial charge in [-0.25, -0.2) is 9.29 Å². The molecule has 0 spiro atoms. The van der Waals surface area contributed by atoms with Gasteiger partial charge in [-0.15, -0.1) is 11.3 Å². The molecule has 1 fully saturated rings. The first-order valence-electron chi connectivity index (χ1n) is 9.91. The van der Waals surface area contributed by atoms with E-state index in [1.807, 2.05) is 0 Å². The van der Waals surface area contributed by atoms with E-state index in [9.17, 15) is 18.0 Å². The van der Waals surface area contributed by atoms with Crippen molar-refractivity contribution in [2.24, 2.45) is 10.9 Å². The number of nitrogen functional groups attached to an aromatic ring is 2. The smallest absolute Gasteiger partial charge is 0.362 e. The molecular formula is C19H23N7O7S2. The second kappa shape index (κ2) is 9.85. The standard InChI is InChI=1S/C19H23N7O7S2/c1-19(2,9-32-11-5-3-10(4-6-11)15(20)21)33-25-14(13-8-34-18(22)24-13)16(27)23-12-7-26(17(12)28)35(29,30)31/h3-6,8,12H,7,9H2,1-2H3,(H3,20,21)(H2,22,24)(H,23,27)(H,29,30,31)/b25-14-/t12-/m0/s1. The van der Waals surface area contributed by atoms with Crippen LogP contribution in [-0.2, 0) is 24.7 Å². The summed E-state index contributed by atoms with van der Waals surface area (Å²) >= 11 is 1.05. The Hall–Kier alpha value is -3.76. The van der Waals surface area contributed by atoms with Crippen LogP contribution < -0.4 is 21.5 Å². The van der Waals surface area contributed by atoms with Crippen LogP contribution in [0.2, 0.25) is 0 Å². The molecule has 16 heteroatoms. The highest BCUT2D eigenvalue weighted by Gasteiger charge is 2.45. The highest BCUT2D eigenvalue weighted by molar-refractivity contribution is 7.84. The Balaban J connectivity index is 1.69. The second-order valence-electron chi connectivity index (χ2n) is 7.96. The summed E-state index contributed by atoms with van der Waals surface area (Å²) in [5.74, 6) is -1.44. The second-order valence-corrected chi connectivity index (χ2v) is 10.2. The van der Waals surface area contributed by atoms with E-state index in [4.69, 9.17) is 31.0 Å². The number of carbonyl (C=O) groups excluding carboxylic acids is 2. The maximum Gasteiger partial charge on any atom is 0.362 e. The van der Waals surface area contributed by atoms with Gasteiger partial charge >= 0.3 is 10.3 Å². The van der Waals surface area contributed by atoms with Gasteiger partial charge in [0, 0.05) is 10.9 Å². The number of oxime groups is 1. The lowest BCUT2D eigenvalue weighted by atomic mass is 10.1. The number of carbonyl (C=O) groups is 2. The van der Waals surface area contributed by atoms with Crippen molar-refractivity contribution >= 4 is 50.1 Å². The van der Waals surface area contributed by atoms with Crippen molar-refractivity contribution in [1.82, 2.24) is 14.6 Å². The molecular weight excluding hydrogens is 502 g/mol. The molecule has 1 saturated heterocycles. The number of β-lactam (4-membered cyclic amide) rings is 1. The molecule has 1 aliphatic heterocycles. The first kappa shape index (κ1) is 25.9. The molecule has 1 aromatic heterocycles. The van der Waals surface area contributed by atoms with Crippen LogP contribution in [0.1, 0.15) is 25.1 Å². The number of nitrogens with one attached hydrogen (secondary N) is 2.